The van der Waals surface area contributed by atoms with E-state index in [0.29, 0.717) is 16.3 Å². The Labute approximate surface area is 236 Å². The van der Waals surface area contributed by atoms with Crippen LogP contribution in [0.25, 0.3) is 0 Å². The molecule has 0 radical (unpaired) electrons. The Morgan fingerprint density at radius 2 is 1.59 bits per heavy atom. The Morgan fingerprint density at radius 3 is 2.21 bits per heavy atom. The van der Waals surface area contributed by atoms with Crippen molar-refractivity contribution < 1.29 is 18.0 Å². The van der Waals surface area contributed by atoms with E-state index in [1.54, 1.807) is 44.2 Å². The molecule has 39 heavy (non-hydrogen) atoms. The topological polar surface area (TPSA) is 86.8 Å². The Bertz CT molecular complexity index is 1400. The predicted molar refractivity (Wildman–Crippen MR) is 156 cm³/mol. The molecular formula is C30H36ClN3O4S. The zero-order valence-corrected chi connectivity index (χ0v) is 24.6. The lowest BCUT2D eigenvalue weighted by atomic mass is 10.1. The summed E-state index contributed by atoms with van der Waals surface area (Å²) in [4.78, 5) is 28.6. The number of aryl methyl sites for hydroxylation is 2. The van der Waals surface area contributed by atoms with E-state index in [2.05, 4.69) is 5.32 Å². The van der Waals surface area contributed by atoms with Crippen molar-refractivity contribution in [3.63, 3.8) is 0 Å². The monoisotopic (exact) mass is 569 g/mol. The molecule has 208 valence electrons. The number of hydrogen-bond acceptors (Lipinski definition) is 4. The summed E-state index contributed by atoms with van der Waals surface area (Å²) in [5.74, 6) is -0.817. The first-order valence-electron chi connectivity index (χ1n) is 12.9. The van der Waals surface area contributed by atoms with E-state index in [9.17, 15) is 18.0 Å². The molecule has 0 saturated heterocycles. The number of halogens is 1. The van der Waals surface area contributed by atoms with Gasteiger partial charge < -0.3 is 10.2 Å². The van der Waals surface area contributed by atoms with Gasteiger partial charge in [-0.2, -0.15) is 0 Å². The van der Waals surface area contributed by atoms with Crippen LogP contribution in [0.2, 0.25) is 5.02 Å². The maximum atomic E-state index is 14.0. The second-order valence-corrected chi connectivity index (χ2v) is 12.1. The van der Waals surface area contributed by atoms with E-state index in [-0.39, 0.29) is 23.4 Å². The van der Waals surface area contributed by atoms with E-state index in [4.69, 9.17) is 11.6 Å². The van der Waals surface area contributed by atoms with Gasteiger partial charge >= 0.3 is 0 Å². The SMILES string of the molecule is CC[C@@H](C)NC(=O)[C@H](C)N(Cc1ccc(C)cc1)C(=O)CN(c1cc(Cl)ccc1C)S(=O)(=O)c1ccccc1. The van der Waals surface area contributed by atoms with Crippen molar-refractivity contribution in [2.24, 2.45) is 0 Å². The van der Waals surface area contributed by atoms with Gasteiger partial charge in [-0.25, -0.2) is 8.42 Å². The van der Waals surface area contributed by atoms with Gasteiger partial charge in [0, 0.05) is 17.6 Å². The quantitative estimate of drug-likeness (QED) is 0.331. The number of nitrogens with one attached hydrogen (secondary N) is 1. The summed E-state index contributed by atoms with van der Waals surface area (Å²) in [5, 5.41) is 3.28. The van der Waals surface area contributed by atoms with Crippen molar-refractivity contribution in [3.05, 3.63) is 94.5 Å². The van der Waals surface area contributed by atoms with E-state index in [1.807, 2.05) is 45.0 Å². The number of benzene rings is 3. The number of nitrogens with zero attached hydrogens (tertiary/aromatic N) is 2. The highest BCUT2D eigenvalue weighted by atomic mass is 35.5. The first-order chi connectivity index (χ1) is 18.4. The van der Waals surface area contributed by atoms with Crippen LogP contribution in [-0.2, 0) is 26.2 Å². The molecule has 0 bridgehead atoms. The lowest BCUT2D eigenvalue weighted by Crippen LogP contribution is -2.52. The number of sulfonamides is 1. The van der Waals surface area contributed by atoms with Crippen LogP contribution in [0.1, 0.15) is 43.9 Å². The molecular weight excluding hydrogens is 534 g/mol. The molecule has 1 N–H and O–H groups in total. The average molecular weight is 570 g/mol. The molecule has 3 aromatic carbocycles. The molecule has 0 aromatic heterocycles. The molecule has 9 heteroatoms. The number of carbonyl (C=O) groups is 2. The zero-order chi connectivity index (χ0) is 28.7. The van der Waals surface area contributed by atoms with Crippen LogP contribution in [0.5, 0.6) is 0 Å². The molecule has 0 unspecified atom stereocenters. The summed E-state index contributed by atoms with van der Waals surface area (Å²) in [7, 11) is -4.14. The highest BCUT2D eigenvalue weighted by Crippen LogP contribution is 2.30. The van der Waals surface area contributed by atoms with Crippen molar-refractivity contribution in [2.45, 2.75) is 64.6 Å². The summed E-state index contributed by atoms with van der Waals surface area (Å²) < 4.78 is 28.8. The molecule has 0 saturated carbocycles. The number of hydrogen-bond donors (Lipinski definition) is 1. The Kier molecular flexibility index (Phi) is 10.2. The minimum Gasteiger partial charge on any atom is -0.352 e. The largest absolute Gasteiger partial charge is 0.352 e. The van der Waals surface area contributed by atoms with Crippen LogP contribution in [0.4, 0.5) is 5.69 Å². The molecule has 0 aliphatic heterocycles. The molecule has 2 atom stereocenters. The second kappa shape index (κ2) is 13.1. The Balaban J connectivity index is 2.05. The minimum atomic E-state index is -4.14. The maximum Gasteiger partial charge on any atom is 0.264 e. The fraction of sp³-hybridized carbons (Fsp3) is 0.333. The lowest BCUT2D eigenvalue weighted by Gasteiger charge is -2.33. The van der Waals surface area contributed by atoms with Crippen LogP contribution in [0.15, 0.2) is 77.7 Å². The summed E-state index contributed by atoms with van der Waals surface area (Å²) in [6, 6.07) is 19.6. The van der Waals surface area contributed by atoms with Gasteiger partial charge in [0.25, 0.3) is 10.0 Å². The second-order valence-electron chi connectivity index (χ2n) is 9.76. The molecule has 0 fully saturated rings. The fourth-order valence-corrected chi connectivity index (χ4v) is 5.68. The minimum absolute atomic E-state index is 0.0461. The number of rotatable bonds is 11. The van der Waals surface area contributed by atoms with Crippen molar-refractivity contribution in [2.75, 3.05) is 10.8 Å². The van der Waals surface area contributed by atoms with E-state index < -0.39 is 28.5 Å². The van der Waals surface area contributed by atoms with E-state index >= 15 is 0 Å². The van der Waals surface area contributed by atoms with Crippen LogP contribution >= 0.6 is 11.6 Å². The van der Waals surface area contributed by atoms with Crippen molar-refractivity contribution in [1.82, 2.24) is 10.2 Å². The van der Waals surface area contributed by atoms with Gasteiger partial charge in [-0.15, -0.1) is 0 Å². The first kappa shape index (κ1) is 30.2. The third-order valence-corrected chi connectivity index (χ3v) is 8.70. The third-order valence-electron chi connectivity index (χ3n) is 6.69. The Morgan fingerprint density at radius 1 is 0.949 bits per heavy atom. The van der Waals surface area contributed by atoms with Gasteiger partial charge in [0.05, 0.1) is 10.6 Å². The van der Waals surface area contributed by atoms with Crippen LogP contribution in [-0.4, -0.2) is 43.8 Å². The molecule has 2 amide bonds. The van der Waals surface area contributed by atoms with Crippen molar-refractivity contribution >= 4 is 39.1 Å². The summed E-state index contributed by atoms with van der Waals surface area (Å²) in [5.41, 5.74) is 2.83. The van der Waals surface area contributed by atoms with Gasteiger partial charge in [-0.1, -0.05) is 72.6 Å². The van der Waals surface area contributed by atoms with Crippen molar-refractivity contribution in [3.8, 4) is 0 Å². The van der Waals surface area contributed by atoms with Gasteiger partial charge in [-0.3, -0.25) is 13.9 Å². The number of amides is 2. The fourth-order valence-electron chi connectivity index (χ4n) is 4.02. The van der Waals surface area contributed by atoms with Crippen LogP contribution in [0.3, 0.4) is 0 Å². The molecule has 7 nitrogen and oxygen atoms in total. The normalized spacial score (nSPS) is 12.9. The first-order valence-corrected chi connectivity index (χ1v) is 14.7. The van der Waals surface area contributed by atoms with Gasteiger partial charge in [0.15, 0.2) is 0 Å². The van der Waals surface area contributed by atoms with E-state index in [1.165, 1.54) is 23.1 Å². The summed E-state index contributed by atoms with van der Waals surface area (Å²) in [6.07, 6.45) is 0.738. The number of anilines is 1. The molecule has 3 rings (SSSR count). The Hall–Kier alpha value is -3.36. The molecule has 0 heterocycles. The van der Waals surface area contributed by atoms with Crippen LogP contribution in [0, 0.1) is 13.8 Å². The molecule has 0 aliphatic carbocycles. The average Bonchev–Trinajstić information content (AvgIpc) is 2.92. The zero-order valence-electron chi connectivity index (χ0n) is 23.0. The summed E-state index contributed by atoms with van der Waals surface area (Å²) >= 11 is 6.26. The van der Waals surface area contributed by atoms with Crippen LogP contribution < -0.4 is 9.62 Å². The van der Waals surface area contributed by atoms with Gasteiger partial charge in [0.1, 0.15) is 12.6 Å². The predicted octanol–water partition coefficient (Wildman–Crippen LogP) is 5.48. The highest BCUT2D eigenvalue weighted by molar-refractivity contribution is 7.92. The molecule has 0 aliphatic rings. The van der Waals surface area contributed by atoms with Gasteiger partial charge in [0.2, 0.25) is 11.8 Å². The molecule has 0 spiro atoms. The van der Waals surface area contributed by atoms with Gasteiger partial charge in [-0.05, 0) is 69.5 Å². The number of carbonyl (C=O) groups excluding carboxylic acids is 2. The smallest absolute Gasteiger partial charge is 0.264 e. The summed E-state index contributed by atoms with van der Waals surface area (Å²) in [6.45, 7) is 8.87. The maximum absolute atomic E-state index is 14.0. The highest BCUT2D eigenvalue weighted by Gasteiger charge is 2.33. The standard InChI is InChI=1S/C30H36ClN3O4S/c1-6-23(4)32-30(36)24(5)33(19-25-15-12-21(2)13-16-25)29(35)20-34(28-18-26(31)17-14-22(28)3)39(37,38)27-10-8-7-9-11-27/h7-18,23-24H,6,19-20H2,1-5H3,(H,32,36)/t23-,24+/m1/s1. The van der Waals surface area contributed by atoms with E-state index in [0.717, 1.165) is 21.9 Å². The lowest BCUT2D eigenvalue weighted by molar-refractivity contribution is -0.139. The van der Waals surface area contributed by atoms with Crippen molar-refractivity contribution in [1.29, 1.82) is 0 Å². The molecule has 3 aromatic rings. The third kappa shape index (κ3) is 7.61.